The predicted octanol–water partition coefficient (Wildman–Crippen LogP) is -1.96. The first kappa shape index (κ1) is 10.7. The van der Waals surface area contributed by atoms with Crippen LogP contribution in [0.25, 0.3) is 0 Å². The van der Waals surface area contributed by atoms with E-state index < -0.39 is 9.05 Å². The van der Waals surface area contributed by atoms with Gasteiger partial charge in [0.2, 0.25) is 0 Å². The van der Waals surface area contributed by atoms with Crippen LogP contribution in [0.4, 0.5) is 0 Å². The summed E-state index contributed by atoms with van der Waals surface area (Å²) in [6.07, 6.45) is 0. The second-order valence-corrected chi connectivity index (χ2v) is 2.33. The van der Waals surface area contributed by atoms with Gasteiger partial charge in [0, 0.05) is 28.2 Å². The minimum absolute atomic E-state index is 0. The average Bonchev–Trinajstić information content (AvgIpc) is 1.35. The van der Waals surface area contributed by atoms with E-state index in [0.29, 0.717) is 0 Å². The standard InChI is InChI=1S/CH6O4Si.Mo/c1-5-6(2,3)4;/h2-4H,1H3;. The molecule has 0 aromatic carbocycles. The molecule has 0 heterocycles. The molecule has 0 amide bonds. The molecule has 0 atom stereocenters. The van der Waals surface area contributed by atoms with Crippen molar-refractivity contribution in [3.05, 3.63) is 0 Å². The van der Waals surface area contributed by atoms with Gasteiger partial charge in [-0.1, -0.05) is 0 Å². The Labute approximate surface area is 56.5 Å². The molecule has 0 fully saturated rings. The van der Waals surface area contributed by atoms with Gasteiger partial charge in [-0.25, -0.2) is 0 Å². The summed E-state index contributed by atoms with van der Waals surface area (Å²) >= 11 is 0. The van der Waals surface area contributed by atoms with E-state index in [2.05, 4.69) is 4.43 Å². The Morgan fingerprint density at radius 3 is 1.43 bits per heavy atom. The zero-order valence-electron chi connectivity index (χ0n) is 3.66. The normalized spacial score (nSPS) is 10.3. The van der Waals surface area contributed by atoms with Gasteiger partial charge in [0.25, 0.3) is 0 Å². The third-order valence-corrected chi connectivity index (χ3v) is 0.822. The Balaban J connectivity index is 0. The molecule has 0 radical (unpaired) electrons. The smallest absolute Gasteiger partial charge is 0.368 e. The van der Waals surface area contributed by atoms with E-state index in [1.54, 1.807) is 0 Å². The minimum Gasteiger partial charge on any atom is -0.368 e. The summed E-state index contributed by atoms with van der Waals surface area (Å²) in [5.41, 5.74) is 0. The van der Waals surface area contributed by atoms with E-state index in [4.69, 9.17) is 14.4 Å². The van der Waals surface area contributed by atoms with Crippen molar-refractivity contribution < 1.29 is 39.9 Å². The van der Waals surface area contributed by atoms with Gasteiger partial charge < -0.3 is 18.8 Å². The zero-order chi connectivity index (χ0) is 5.21. The summed E-state index contributed by atoms with van der Waals surface area (Å²) in [6.45, 7) is 0. The average molecular weight is 206 g/mol. The molecule has 0 spiro atoms. The monoisotopic (exact) mass is 208 g/mol. The summed E-state index contributed by atoms with van der Waals surface area (Å²) in [4.78, 5) is 23.6. The number of hydrogen-bond acceptors (Lipinski definition) is 4. The predicted molar refractivity (Wildman–Crippen MR) is 19.4 cm³/mol. The molecule has 3 N–H and O–H groups in total. The molecule has 0 aromatic rings. The maximum absolute atomic E-state index is 7.85. The zero-order valence-corrected chi connectivity index (χ0v) is 6.67. The summed E-state index contributed by atoms with van der Waals surface area (Å²) in [7, 11) is -3.11. The summed E-state index contributed by atoms with van der Waals surface area (Å²) in [6, 6.07) is 0. The van der Waals surface area contributed by atoms with Gasteiger partial charge in [0.1, 0.15) is 0 Å². The molecular formula is CH6MoO4Si. The van der Waals surface area contributed by atoms with Crippen LogP contribution in [-0.2, 0) is 25.5 Å². The van der Waals surface area contributed by atoms with Crippen LogP contribution >= 0.6 is 0 Å². The molecule has 0 aliphatic heterocycles. The van der Waals surface area contributed by atoms with Crippen molar-refractivity contribution in [3.63, 3.8) is 0 Å². The van der Waals surface area contributed by atoms with Crippen LogP contribution in [0.3, 0.4) is 0 Å². The molecule has 0 aliphatic carbocycles. The van der Waals surface area contributed by atoms with Crippen molar-refractivity contribution in [2.45, 2.75) is 0 Å². The molecule has 7 heavy (non-hydrogen) atoms. The third-order valence-electron chi connectivity index (χ3n) is 0.274. The molecular weight excluding hydrogens is 200 g/mol. The van der Waals surface area contributed by atoms with Crippen molar-refractivity contribution in [1.82, 2.24) is 0 Å². The van der Waals surface area contributed by atoms with Crippen molar-refractivity contribution in [1.29, 1.82) is 0 Å². The first-order chi connectivity index (χ1) is 2.56. The van der Waals surface area contributed by atoms with Crippen LogP contribution in [-0.4, -0.2) is 30.5 Å². The fourth-order valence-corrected chi connectivity index (χ4v) is 0. The minimum atomic E-state index is -4.13. The number of hydrogen-bond donors (Lipinski definition) is 3. The Morgan fingerprint density at radius 1 is 1.29 bits per heavy atom. The van der Waals surface area contributed by atoms with Gasteiger partial charge in [0.05, 0.1) is 0 Å². The molecule has 0 aliphatic rings. The van der Waals surface area contributed by atoms with Gasteiger partial charge in [-0.3, -0.25) is 0 Å². The van der Waals surface area contributed by atoms with Crippen LogP contribution in [0, 0.1) is 0 Å². The molecule has 4 nitrogen and oxygen atoms in total. The molecule has 0 bridgehead atoms. The van der Waals surface area contributed by atoms with Crippen LogP contribution in [0.5, 0.6) is 0 Å². The summed E-state index contributed by atoms with van der Waals surface area (Å²) < 4.78 is 3.74. The van der Waals surface area contributed by atoms with Crippen LogP contribution in [0.1, 0.15) is 0 Å². The van der Waals surface area contributed by atoms with Crippen molar-refractivity contribution in [2.24, 2.45) is 0 Å². The third kappa shape index (κ3) is 10.8. The molecule has 0 rings (SSSR count). The fraction of sp³-hybridized carbons (Fsp3) is 1.00. The quantitative estimate of drug-likeness (QED) is 0.436. The van der Waals surface area contributed by atoms with Gasteiger partial charge in [-0.15, -0.1) is 0 Å². The molecule has 0 saturated carbocycles. The second kappa shape index (κ2) is 3.71. The molecule has 6 heteroatoms. The first-order valence-electron chi connectivity index (χ1n) is 1.28. The number of rotatable bonds is 1. The van der Waals surface area contributed by atoms with Crippen molar-refractivity contribution >= 4 is 9.05 Å². The Hall–Kier alpha value is 0.745. The van der Waals surface area contributed by atoms with E-state index in [0.717, 1.165) is 7.11 Å². The van der Waals surface area contributed by atoms with E-state index in [9.17, 15) is 0 Å². The van der Waals surface area contributed by atoms with E-state index in [-0.39, 0.29) is 21.1 Å². The molecule has 0 unspecified atom stereocenters. The van der Waals surface area contributed by atoms with E-state index >= 15 is 0 Å². The molecule has 0 aromatic heterocycles. The van der Waals surface area contributed by atoms with Gasteiger partial charge in [-0.05, 0) is 0 Å². The SMILES string of the molecule is CO[Si](O)(O)O.[Mo]. The second-order valence-electron chi connectivity index (χ2n) is 0.778. The topological polar surface area (TPSA) is 69.9 Å². The van der Waals surface area contributed by atoms with Gasteiger partial charge in [0.15, 0.2) is 0 Å². The Kier molecular flexibility index (Phi) is 5.66. The van der Waals surface area contributed by atoms with E-state index in [1.807, 2.05) is 0 Å². The summed E-state index contributed by atoms with van der Waals surface area (Å²) in [5, 5.41) is 0. The maximum Gasteiger partial charge on any atom is 0.671 e. The van der Waals surface area contributed by atoms with Gasteiger partial charge >= 0.3 is 9.05 Å². The fourth-order valence-electron chi connectivity index (χ4n) is 0. The van der Waals surface area contributed by atoms with Crippen LogP contribution in [0.15, 0.2) is 0 Å². The molecule has 0 saturated heterocycles. The van der Waals surface area contributed by atoms with Crippen molar-refractivity contribution in [2.75, 3.05) is 7.11 Å². The molecule has 44 valence electrons. The van der Waals surface area contributed by atoms with Crippen molar-refractivity contribution in [3.8, 4) is 0 Å². The van der Waals surface area contributed by atoms with Gasteiger partial charge in [-0.2, -0.15) is 0 Å². The van der Waals surface area contributed by atoms with Crippen LogP contribution < -0.4 is 0 Å². The van der Waals surface area contributed by atoms with E-state index in [1.165, 1.54) is 0 Å². The Bertz CT molecular complexity index is 41.4. The van der Waals surface area contributed by atoms with Crippen LogP contribution in [0.2, 0.25) is 0 Å². The largest absolute Gasteiger partial charge is 0.671 e. The Morgan fingerprint density at radius 2 is 1.43 bits per heavy atom. The maximum atomic E-state index is 7.85. The summed E-state index contributed by atoms with van der Waals surface area (Å²) in [5.74, 6) is 0. The first-order valence-corrected chi connectivity index (χ1v) is 3.03.